The summed E-state index contributed by atoms with van der Waals surface area (Å²) in [7, 11) is 1.89. The fourth-order valence-electron chi connectivity index (χ4n) is 1.76. The van der Waals surface area contributed by atoms with E-state index in [1.807, 2.05) is 19.4 Å². The van der Waals surface area contributed by atoms with Crippen molar-refractivity contribution in [1.82, 2.24) is 15.2 Å². The molecule has 2 rings (SSSR count). The lowest BCUT2D eigenvalue weighted by atomic mass is 10.1. The van der Waals surface area contributed by atoms with Gasteiger partial charge in [-0.1, -0.05) is 0 Å². The van der Waals surface area contributed by atoms with E-state index >= 15 is 0 Å². The van der Waals surface area contributed by atoms with Crippen LogP contribution in [0.15, 0.2) is 41.6 Å². The number of nitrogens with one attached hydrogen (secondary N) is 1. The predicted molar refractivity (Wildman–Crippen MR) is 75.1 cm³/mol. The van der Waals surface area contributed by atoms with E-state index in [4.69, 9.17) is 5.84 Å². The number of aromatic nitrogens is 2. The molecule has 0 aliphatic carbocycles. The van der Waals surface area contributed by atoms with Crippen molar-refractivity contribution in [3.63, 3.8) is 0 Å². The minimum Gasteiger partial charge on any atom is -0.276 e. The molecule has 0 radical (unpaired) electrons. The third-order valence-electron chi connectivity index (χ3n) is 2.74. The summed E-state index contributed by atoms with van der Waals surface area (Å²) in [6, 6.07) is 6.64. The van der Waals surface area contributed by atoms with E-state index < -0.39 is 0 Å². The molecule has 19 heavy (non-hydrogen) atoms. The number of hydrazine groups is 1. The maximum Gasteiger partial charge on any atom is 0.123 e. The van der Waals surface area contributed by atoms with Gasteiger partial charge in [0.15, 0.2) is 0 Å². The molecule has 102 valence electrons. The Balaban J connectivity index is 1.87. The van der Waals surface area contributed by atoms with Crippen LogP contribution in [-0.4, -0.2) is 21.6 Å². The smallest absolute Gasteiger partial charge is 0.123 e. The van der Waals surface area contributed by atoms with Crippen molar-refractivity contribution >= 4 is 11.8 Å². The lowest BCUT2D eigenvalue weighted by Gasteiger charge is -2.14. The lowest BCUT2D eigenvalue weighted by molar-refractivity contribution is 0.575. The zero-order valence-corrected chi connectivity index (χ0v) is 11.5. The molecular weight excluding hydrogens is 263 g/mol. The molecule has 1 unspecified atom stereocenters. The number of halogens is 1. The first-order valence-electron chi connectivity index (χ1n) is 5.99. The Morgan fingerprint density at radius 3 is 2.74 bits per heavy atom. The molecule has 0 bridgehead atoms. The lowest BCUT2D eigenvalue weighted by Crippen LogP contribution is -2.38. The van der Waals surface area contributed by atoms with E-state index in [1.165, 1.54) is 12.1 Å². The van der Waals surface area contributed by atoms with Crippen LogP contribution >= 0.6 is 11.8 Å². The highest BCUT2D eigenvalue weighted by molar-refractivity contribution is 7.99. The number of thioether (sulfide) groups is 1. The van der Waals surface area contributed by atoms with Crippen molar-refractivity contribution in [2.75, 3.05) is 5.75 Å². The zero-order chi connectivity index (χ0) is 13.7. The molecule has 0 aliphatic heterocycles. The molecule has 0 saturated heterocycles. The Morgan fingerprint density at radius 2 is 2.16 bits per heavy atom. The molecule has 0 spiro atoms. The molecule has 0 saturated carbocycles. The summed E-state index contributed by atoms with van der Waals surface area (Å²) in [5.74, 6) is 6.17. The molecule has 1 atom stereocenters. The van der Waals surface area contributed by atoms with Gasteiger partial charge in [0.1, 0.15) is 5.82 Å². The largest absolute Gasteiger partial charge is 0.276 e. The van der Waals surface area contributed by atoms with Gasteiger partial charge in [-0.2, -0.15) is 5.10 Å². The highest BCUT2D eigenvalue weighted by Gasteiger charge is 2.09. The molecule has 1 aromatic carbocycles. The second-order valence-corrected chi connectivity index (χ2v) is 5.45. The Kier molecular flexibility index (Phi) is 4.95. The molecule has 0 amide bonds. The Hall–Kier alpha value is -1.37. The average molecular weight is 280 g/mol. The van der Waals surface area contributed by atoms with Gasteiger partial charge >= 0.3 is 0 Å². The number of nitrogens with zero attached hydrogens (tertiary/aromatic N) is 2. The standard InChI is InChI=1S/C13H17FN4S/c1-18-8-10(7-16-18)6-12(17-15)9-19-13-4-2-11(14)3-5-13/h2-5,7-8,12,17H,6,9,15H2,1H3. The minimum atomic E-state index is -0.215. The monoisotopic (exact) mass is 280 g/mol. The van der Waals surface area contributed by atoms with Crippen LogP contribution in [0.5, 0.6) is 0 Å². The molecule has 0 aliphatic rings. The van der Waals surface area contributed by atoms with Crippen molar-refractivity contribution < 1.29 is 4.39 Å². The van der Waals surface area contributed by atoms with Crippen molar-refractivity contribution in [3.05, 3.63) is 48.0 Å². The van der Waals surface area contributed by atoms with Crippen molar-refractivity contribution in [2.24, 2.45) is 12.9 Å². The van der Waals surface area contributed by atoms with Crippen LogP contribution < -0.4 is 11.3 Å². The highest BCUT2D eigenvalue weighted by Crippen LogP contribution is 2.19. The first kappa shape index (κ1) is 14.0. The van der Waals surface area contributed by atoms with Crippen LogP contribution in [0.2, 0.25) is 0 Å². The van der Waals surface area contributed by atoms with Gasteiger partial charge in [0.05, 0.1) is 6.20 Å². The topological polar surface area (TPSA) is 55.9 Å². The van der Waals surface area contributed by atoms with Gasteiger partial charge in [-0.3, -0.25) is 16.0 Å². The minimum absolute atomic E-state index is 0.152. The maximum absolute atomic E-state index is 12.8. The van der Waals surface area contributed by atoms with E-state index in [1.54, 1.807) is 28.6 Å². The number of rotatable bonds is 6. The molecule has 1 aromatic heterocycles. The zero-order valence-electron chi connectivity index (χ0n) is 10.7. The SMILES string of the molecule is Cn1cc(CC(CSc2ccc(F)cc2)NN)cn1. The predicted octanol–water partition coefficient (Wildman–Crippen LogP) is 1.73. The molecule has 1 heterocycles. The van der Waals surface area contributed by atoms with Crippen molar-refractivity contribution in [2.45, 2.75) is 17.4 Å². The maximum atomic E-state index is 12.8. The average Bonchev–Trinajstić information content (AvgIpc) is 2.82. The van der Waals surface area contributed by atoms with Gasteiger partial charge in [-0.05, 0) is 36.2 Å². The molecular formula is C13H17FN4S. The molecule has 4 nitrogen and oxygen atoms in total. The van der Waals surface area contributed by atoms with E-state index in [2.05, 4.69) is 10.5 Å². The van der Waals surface area contributed by atoms with Crippen LogP contribution in [0.4, 0.5) is 4.39 Å². The van der Waals surface area contributed by atoms with Crippen LogP contribution in [0, 0.1) is 5.82 Å². The summed E-state index contributed by atoms with van der Waals surface area (Å²) >= 11 is 1.65. The van der Waals surface area contributed by atoms with Crippen LogP contribution in [-0.2, 0) is 13.5 Å². The Bertz CT molecular complexity index is 512. The third kappa shape index (κ3) is 4.34. The molecule has 2 aromatic rings. The van der Waals surface area contributed by atoms with Crippen LogP contribution in [0.25, 0.3) is 0 Å². The van der Waals surface area contributed by atoms with E-state index in [0.29, 0.717) is 0 Å². The summed E-state index contributed by atoms with van der Waals surface area (Å²) in [6.45, 7) is 0. The number of hydrogen-bond acceptors (Lipinski definition) is 4. The fraction of sp³-hybridized carbons (Fsp3) is 0.308. The van der Waals surface area contributed by atoms with Gasteiger partial charge in [0.25, 0.3) is 0 Å². The summed E-state index contributed by atoms with van der Waals surface area (Å²) in [4.78, 5) is 1.04. The van der Waals surface area contributed by atoms with Crippen molar-refractivity contribution in [3.8, 4) is 0 Å². The summed E-state index contributed by atoms with van der Waals surface area (Å²) in [5, 5.41) is 4.13. The van der Waals surface area contributed by atoms with Crippen molar-refractivity contribution in [1.29, 1.82) is 0 Å². The molecule has 0 fully saturated rings. The van der Waals surface area contributed by atoms with Crippen LogP contribution in [0.1, 0.15) is 5.56 Å². The van der Waals surface area contributed by atoms with Gasteiger partial charge < -0.3 is 0 Å². The summed E-state index contributed by atoms with van der Waals surface area (Å²) in [6.07, 6.45) is 4.64. The first-order chi connectivity index (χ1) is 9.17. The van der Waals surface area contributed by atoms with Crippen LogP contribution in [0.3, 0.4) is 0 Å². The number of aryl methyl sites for hydroxylation is 1. The number of benzene rings is 1. The summed E-state index contributed by atoms with van der Waals surface area (Å²) in [5.41, 5.74) is 3.95. The normalized spacial score (nSPS) is 12.6. The third-order valence-corrected chi connectivity index (χ3v) is 3.92. The second kappa shape index (κ2) is 6.70. The highest BCUT2D eigenvalue weighted by atomic mass is 32.2. The number of hydrogen-bond donors (Lipinski definition) is 2. The molecule has 3 N–H and O–H groups in total. The number of nitrogens with two attached hydrogens (primary N) is 1. The summed E-state index contributed by atoms with van der Waals surface area (Å²) < 4.78 is 14.6. The molecule has 6 heteroatoms. The second-order valence-electron chi connectivity index (χ2n) is 4.35. The Labute approximate surface area is 116 Å². The Morgan fingerprint density at radius 1 is 1.42 bits per heavy atom. The first-order valence-corrected chi connectivity index (χ1v) is 6.98. The van der Waals surface area contributed by atoms with Gasteiger partial charge in [-0.25, -0.2) is 4.39 Å². The van der Waals surface area contributed by atoms with E-state index in [9.17, 15) is 4.39 Å². The van der Waals surface area contributed by atoms with E-state index in [0.717, 1.165) is 22.6 Å². The fourth-order valence-corrected chi connectivity index (χ4v) is 2.69. The van der Waals surface area contributed by atoms with Gasteiger partial charge in [0.2, 0.25) is 0 Å². The van der Waals surface area contributed by atoms with Gasteiger partial charge in [0, 0.05) is 29.9 Å². The van der Waals surface area contributed by atoms with E-state index in [-0.39, 0.29) is 11.9 Å². The van der Waals surface area contributed by atoms with Gasteiger partial charge in [-0.15, -0.1) is 11.8 Å². The quantitative estimate of drug-likeness (QED) is 0.481.